The molecule has 1 heterocycles. The number of fused-ring (bicyclic) bond motifs is 1. The van der Waals surface area contributed by atoms with Gasteiger partial charge < -0.3 is 19.2 Å². The first-order valence-corrected chi connectivity index (χ1v) is 7.03. The van der Waals surface area contributed by atoms with Crippen LogP contribution < -0.4 is 10.1 Å². The molecule has 6 nitrogen and oxygen atoms in total. The number of anilines is 1. The molecular formula is C17H16N2O4. The van der Waals surface area contributed by atoms with Gasteiger partial charge in [0.05, 0.1) is 7.11 Å². The summed E-state index contributed by atoms with van der Waals surface area (Å²) in [5.41, 5.74) is 2.77. The molecule has 2 aromatic carbocycles. The summed E-state index contributed by atoms with van der Waals surface area (Å²) in [7, 11) is 3.08. The van der Waals surface area contributed by atoms with Gasteiger partial charge in [-0.05, 0) is 30.3 Å². The van der Waals surface area contributed by atoms with Crippen LogP contribution in [-0.4, -0.2) is 31.7 Å². The first kappa shape index (κ1) is 15.1. The highest BCUT2D eigenvalue weighted by Crippen LogP contribution is 2.28. The molecule has 0 unspecified atom stereocenters. The number of ether oxygens (including phenoxy) is 2. The third-order valence-electron chi connectivity index (χ3n) is 3.26. The van der Waals surface area contributed by atoms with Gasteiger partial charge in [0.1, 0.15) is 17.9 Å². The Morgan fingerprint density at radius 3 is 2.87 bits per heavy atom. The summed E-state index contributed by atoms with van der Waals surface area (Å²) in [6.45, 7) is 0.00347. The molecule has 0 aliphatic carbocycles. The molecule has 0 spiro atoms. The molecule has 6 heteroatoms. The van der Waals surface area contributed by atoms with Crippen LogP contribution in [0.5, 0.6) is 5.75 Å². The lowest BCUT2D eigenvalue weighted by Gasteiger charge is -2.03. The van der Waals surface area contributed by atoms with E-state index in [4.69, 9.17) is 13.9 Å². The number of nitrogens with zero attached hydrogens (tertiary/aromatic N) is 1. The highest BCUT2D eigenvalue weighted by molar-refractivity contribution is 5.93. The fourth-order valence-corrected chi connectivity index (χ4v) is 2.21. The molecule has 23 heavy (non-hydrogen) atoms. The van der Waals surface area contributed by atoms with E-state index in [2.05, 4.69) is 10.3 Å². The summed E-state index contributed by atoms with van der Waals surface area (Å²) in [6.07, 6.45) is 0. The average Bonchev–Trinajstić information content (AvgIpc) is 2.98. The van der Waals surface area contributed by atoms with Crippen LogP contribution in [0.1, 0.15) is 0 Å². The van der Waals surface area contributed by atoms with Gasteiger partial charge in [-0.3, -0.25) is 4.79 Å². The van der Waals surface area contributed by atoms with Crippen molar-refractivity contribution >= 4 is 22.7 Å². The molecule has 118 valence electrons. The minimum atomic E-state index is -0.223. The van der Waals surface area contributed by atoms with Gasteiger partial charge in [-0.15, -0.1) is 0 Å². The highest BCUT2D eigenvalue weighted by Gasteiger charge is 2.10. The zero-order valence-electron chi connectivity index (χ0n) is 12.8. The summed E-state index contributed by atoms with van der Waals surface area (Å²) in [4.78, 5) is 16.0. The van der Waals surface area contributed by atoms with Gasteiger partial charge in [0.25, 0.3) is 0 Å². The number of oxazole rings is 1. The lowest BCUT2D eigenvalue weighted by atomic mass is 10.2. The maximum Gasteiger partial charge on any atom is 0.250 e. The maximum absolute atomic E-state index is 11.5. The topological polar surface area (TPSA) is 73.6 Å². The van der Waals surface area contributed by atoms with Gasteiger partial charge >= 0.3 is 0 Å². The van der Waals surface area contributed by atoms with Gasteiger partial charge in [-0.1, -0.05) is 6.07 Å². The third-order valence-corrected chi connectivity index (χ3v) is 3.26. The minimum Gasteiger partial charge on any atom is -0.497 e. The molecule has 0 atom stereocenters. The van der Waals surface area contributed by atoms with Crippen molar-refractivity contribution < 1.29 is 18.7 Å². The van der Waals surface area contributed by atoms with Gasteiger partial charge in [-0.25, -0.2) is 4.98 Å². The molecule has 3 aromatic rings. The predicted octanol–water partition coefficient (Wildman–Crippen LogP) is 3.09. The standard InChI is InChI=1S/C17H16N2O4/c1-21-10-16(20)18-12-6-7-14-15(9-12)23-17(19-14)11-4-3-5-13(8-11)22-2/h3-9H,10H2,1-2H3,(H,18,20). The van der Waals surface area contributed by atoms with E-state index in [0.717, 1.165) is 11.3 Å². The monoisotopic (exact) mass is 312 g/mol. The fourth-order valence-electron chi connectivity index (χ4n) is 2.21. The molecule has 0 fully saturated rings. The van der Waals surface area contributed by atoms with Crippen molar-refractivity contribution in [1.82, 2.24) is 4.98 Å². The number of hydrogen-bond donors (Lipinski definition) is 1. The second-order valence-electron chi connectivity index (χ2n) is 4.91. The van der Waals surface area contributed by atoms with Crippen molar-refractivity contribution in [3.8, 4) is 17.2 Å². The van der Waals surface area contributed by atoms with Crippen molar-refractivity contribution in [1.29, 1.82) is 0 Å². The molecule has 0 saturated heterocycles. The van der Waals surface area contributed by atoms with E-state index >= 15 is 0 Å². The minimum absolute atomic E-state index is 0.00347. The smallest absolute Gasteiger partial charge is 0.250 e. The van der Waals surface area contributed by atoms with E-state index in [1.165, 1.54) is 7.11 Å². The molecule has 0 aliphatic heterocycles. The predicted molar refractivity (Wildman–Crippen MR) is 86.5 cm³/mol. The fraction of sp³-hybridized carbons (Fsp3) is 0.176. The normalized spacial score (nSPS) is 10.7. The van der Waals surface area contributed by atoms with Crippen LogP contribution in [0.15, 0.2) is 46.9 Å². The average molecular weight is 312 g/mol. The van der Waals surface area contributed by atoms with Crippen molar-refractivity contribution in [2.45, 2.75) is 0 Å². The second kappa shape index (κ2) is 6.50. The van der Waals surface area contributed by atoms with Crippen molar-refractivity contribution in [3.05, 3.63) is 42.5 Å². The second-order valence-corrected chi connectivity index (χ2v) is 4.91. The Labute approximate surface area is 133 Å². The number of aromatic nitrogens is 1. The van der Waals surface area contributed by atoms with E-state index < -0.39 is 0 Å². The number of amides is 1. The molecular weight excluding hydrogens is 296 g/mol. The van der Waals surface area contributed by atoms with Gasteiger partial charge in [0, 0.05) is 24.4 Å². The van der Waals surface area contributed by atoms with Crippen LogP contribution in [0, 0.1) is 0 Å². The lowest BCUT2D eigenvalue weighted by Crippen LogP contribution is -2.16. The van der Waals surface area contributed by atoms with Crippen LogP contribution in [0.2, 0.25) is 0 Å². The molecule has 1 N–H and O–H groups in total. The van der Waals surface area contributed by atoms with Crippen LogP contribution in [0.4, 0.5) is 5.69 Å². The Kier molecular flexibility index (Phi) is 4.25. The van der Waals surface area contributed by atoms with Crippen LogP contribution in [0.3, 0.4) is 0 Å². The molecule has 0 bridgehead atoms. The number of rotatable bonds is 5. The van der Waals surface area contributed by atoms with Crippen molar-refractivity contribution in [2.75, 3.05) is 26.1 Å². The Hall–Kier alpha value is -2.86. The quantitative estimate of drug-likeness (QED) is 0.783. The lowest BCUT2D eigenvalue weighted by molar-refractivity contribution is -0.119. The zero-order chi connectivity index (χ0) is 16.2. The Morgan fingerprint density at radius 1 is 1.22 bits per heavy atom. The van der Waals surface area contributed by atoms with E-state index in [1.54, 1.807) is 25.3 Å². The zero-order valence-corrected chi connectivity index (χ0v) is 12.8. The molecule has 0 saturated carbocycles. The summed E-state index contributed by atoms with van der Waals surface area (Å²) < 4.78 is 15.8. The maximum atomic E-state index is 11.5. The molecule has 0 aliphatic rings. The number of nitrogens with one attached hydrogen (secondary N) is 1. The van der Waals surface area contributed by atoms with Gasteiger partial charge in [-0.2, -0.15) is 0 Å². The summed E-state index contributed by atoms with van der Waals surface area (Å²) in [5.74, 6) is 1.01. The summed E-state index contributed by atoms with van der Waals surface area (Å²) in [6, 6.07) is 12.8. The largest absolute Gasteiger partial charge is 0.497 e. The Balaban J connectivity index is 1.91. The highest BCUT2D eigenvalue weighted by atomic mass is 16.5. The van der Waals surface area contributed by atoms with Crippen molar-refractivity contribution in [3.63, 3.8) is 0 Å². The van der Waals surface area contributed by atoms with Crippen LogP contribution in [0.25, 0.3) is 22.6 Å². The van der Waals surface area contributed by atoms with Crippen molar-refractivity contribution in [2.24, 2.45) is 0 Å². The molecule has 1 amide bonds. The molecule has 1 aromatic heterocycles. The van der Waals surface area contributed by atoms with Crippen LogP contribution in [-0.2, 0) is 9.53 Å². The number of hydrogen-bond acceptors (Lipinski definition) is 5. The first-order chi connectivity index (χ1) is 11.2. The first-order valence-electron chi connectivity index (χ1n) is 7.03. The number of benzene rings is 2. The molecule has 3 rings (SSSR count). The summed E-state index contributed by atoms with van der Waals surface area (Å²) in [5, 5.41) is 2.73. The third kappa shape index (κ3) is 3.32. The van der Waals surface area contributed by atoms with E-state index in [0.29, 0.717) is 22.7 Å². The van der Waals surface area contributed by atoms with Crippen LogP contribution >= 0.6 is 0 Å². The van der Waals surface area contributed by atoms with Gasteiger partial charge in [0.2, 0.25) is 11.8 Å². The Morgan fingerprint density at radius 2 is 2.09 bits per heavy atom. The SMILES string of the molecule is COCC(=O)Nc1ccc2nc(-c3cccc(OC)c3)oc2c1. The van der Waals surface area contributed by atoms with E-state index in [-0.39, 0.29) is 12.5 Å². The van der Waals surface area contributed by atoms with E-state index in [1.807, 2.05) is 24.3 Å². The number of carbonyl (C=O) groups excluding carboxylic acids is 1. The van der Waals surface area contributed by atoms with Gasteiger partial charge in [0.15, 0.2) is 5.58 Å². The molecule has 0 radical (unpaired) electrons. The number of carbonyl (C=O) groups is 1. The summed E-state index contributed by atoms with van der Waals surface area (Å²) >= 11 is 0. The van der Waals surface area contributed by atoms with E-state index in [9.17, 15) is 4.79 Å². The number of methoxy groups -OCH3 is 2. The Bertz CT molecular complexity index is 841.